The first-order valence-corrected chi connectivity index (χ1v) is 9.92. The predicted molar refractivity (Wildman–Crippen MR) is 115 cm³/mol. The van der Waals surface area contributed by atoms with Crippen LogP contribution >= 0.6 is 15.9 Å². The molecule has 3 aromatic rings. The van der Waals surface area contributed by atoms with Crippen molar-refractivity contribution in [1.82, 2.24) is 25.3 Å². The smallest absolute Gasteiger partial charge is 0.252 e. The van der Waals surface area contributed by atoms with Gasteiger partial charge >= 0.3 is 0 Å². The molecule has 0 bridgehead atoms. The van der Waals surface area contributed by atoms with Crippen molar-refractivity contribution < 1.29 is 9.53 Å². The van der Waals surface area contributed by atoms with Gasteiger partial charge in [0.25, 0.3) is 5.91 Å². The van der Waals surface area contributed by atoms with E-state index in [1.54, 1.807) is 30.0 Å². The topological polar surface area (TPSA) is 94.0 Å². The first kappa shape index (κ1) is 20.8. The van der Waals surface area contributed by atoms with Crippen LogP contribution in [0.2, 0.25) is 0 Å². The molecule has 0 atom stereocenters. The lowest BCUT2D eigenvalue weighted by Gasteiger charge is -2.10. The van der Waals surface area contributed by atoms with Crippen LogP contribution in [0.4, 0.5) is 5.82 Å². The molecule has 0 unspecified atom stereocenters. The Kier molecular flexibility index (Phi) is 6.48. The summed E-state index contributed by atoms with van der Waals surface area (Å²) < 4.78 is 7.66. The maximum Gasteiger partial charge on any atom is 0.252 e. The number of hydrogen-bond donors (Lipinski definition) is 2. The van der Waals surface area contributed by atoms with E-state index in [0.29, 0.717) is 40.5 Å². The lowest BCUT2D eigenvalue weighted by Crippen LogP contribution is -2.29. The van der Waals surface area contributed by atoms with Crippen LogP contribution in [0.25, 0.3) is 5.82 Å². The van der Waals surface area contributed by atoms with E-state index in [1.165, 1.54) is 0 Å². The molecule has 2 heterocycles. The molecule has 1 aromatic carbocycles. The summed E-state index contributed by atoms with van der Waals surface area (Å²) in [6, 6.07) is 8.97. The molecule has 9 heteroatoms. The van der Waals surface area contributed by atoms with Crippen LogP contribution in [0, 0.1) is 20.8 Å². The molecular weight excluding hydrogens is 436 g/mol. The number of halogens is 1. The Morgan fingerprint density at radius 1 is 1.14 bits per heavy atom. The highest BCUT2D eigenvalue weighted by Gasteiger charge is 2.12. The molecule has 0 spiro atoms. The zero-order valence-electron chi connectivity index (χ0n) is 16.8. The van der Waals surface area contributed by atoms with Crippen LogP contribution in [0.15, 0.2) is 34.8 Å². The number of aromatic nitrogens is 4. The van der Waals surface area contributed by atoms with E-state index in [4.69, 9.17) is 4.74 Å². The van der Waals surface area contributed by atoms with Crippen LogP contribution in [0.1, 0.15) is 27.3 Å². The van der Waals surface area contributed by atoms with Crippen LogP contribution in [0.5, 0.6) is 5.75 Å². The summed E-state index contributed by atoms with van der Waals surface area (Å²) in [5.41, 5.74) is 3.69. The Labute approximate surface area is 177 Å². The van der Waals surface area contributed by atoms with Gasteiger partial charge in [-0.1, -0.05) is 0 Å². The number of nitrogens with one attached hydrogen (secondary N) is 2. The lowest BCUT2D eigenvalue weighted by molar-refractivity contribution is 0.0954. The molecule has 0 radical (unpaired) electrons. The Morgan fingerprint density at radius 3 is 2.55 bits per heavy atom. The molecule has 3 rings (SSSR count). The first-order valence-electron chi connectivity index (χ1n) is 9.13. The number of amides is 1. The van der Waals surface area contributed by atoms with Crippen LogP contribution in [0.3, 0.4) is 0 Å². The number of benzene rings is 1. The highest BCUT2D eigenvalue weighted by molar-refractivity contribution is 9.10. The number of rotatable bonds is 7. The minimum Gasteiger partial charge on any atom is -0.497 e. The third-order valence-electron chi connectivity index (χ3n) is 4.66. The summed E-state index contributed by atoms with van der Waals surface area (Å²) in [6.07, 6.45) is 0. The van der Waals surface area contributed by atoms with Gasteiger partial charge in [-0.25, -0.2) is 4.68 Å². The summed E-state index contributed by atoms with van der Waals surface area (Å²) in [5.74, 6) is 1.74. The number of nitrogens with zero attached hydrogens (tertiary/aromatic N) is 4. The van der Waals surface area contributed by atoms with Gasteiger partial charge in [0, 0.05) is 23.3 Å². The van der Waals surface area contributed by atoms with Crippen molar-refractivity contribution in [2.45, 2.75) is 20.8 Å². The van der Waals surface area contributed by atoms with E-state index >= 15 is 0 Å². The molecule has 1 amide bonds. The number of hydrogen-bond acceptors (Lipinski definition) is 6. The minimum atomic E-state index is -0.182. The summed E-state index contributed by atoms with van der Waals surface area (Å²) >= 11 is 3.39. The van der Waals surface area contributed by atoms with Crippen LogP contribution < -0.4 is 15.4 Å². The third-order valence-corrected chi connectivity index (χ3v) is 5.35. The van der Waals surface area contributed by atoms with Gasteiger partial charge in [0.05, 0.1) is 18.4 Å². The van der Waals surface area contributed by atoms with E-state index in [2.05, 4.69) is 41.9 Å². The van der Waals surface area contributed by atoms with Gasteiger partial charge in [0.1, 0.15) is 11.6 Å². The lowest BCUT2D eigenvalue weighted by atomic mass is 10.2. The maximum atomic E-state index is 12.3. The minimum absolute atomic E-state index is 0.182. The summed E-state index contributed by atoms with van der Waals surface area (Å²) in [7, 11) is 1.57. The van der Waals surface area contributed by atoms with Crippen molar-refractivity contribution >= 4 is 27.7 Å². The Bertz CT molecular complexity index is 1020. The molecular formula is C20H23BrN6O2. The quantitative estimate of drug-likeness (QED) is 0.527. The van der Waals surface area contributed by atoms with Crippen LogP contribution in [-0.2, 0) is 0 Å². The maximum absolute atomic E-state index is 12.3. The SMILES string of the molecule is COc1ccc(Br)c(C(=O)NCCNc2ccc(-n3nc(C)c(C)c3C)nn2)c1. The Balaban J connectivity index is 1.53. The van der Waals surface area contributed by atoms with Crippen molar-refractivity contribution in [3.05, 3.63) is 57.3 Å². The highest BCUT2D eigenvalue weighted by atomic mass is 79.9. The average molecular weight is 459 g/mol. The highest BCUT2D eigenvalue weighted by Crippen LogP contribution is 2.22. The summed E-state index contributed by atoms with van der Waals surface area (Å²) in [6.45, 7) is 6.96. The Hall–Kier alpha value is -2.94. The Morgan fingerprint density at radius 2 is 1.93 bits per heavy atom. The second kappa shape index (κ2) is 9.04. The molecule has 8 nitrogen and oxygen atoms in total. The largest absolute Gasteiger partial charge is 0.497 e. The monoisotopic (exact) mass is 458 g/mol. The standard InChI is InChI=1S/C20H23BrN6O2/c1-12-13(2)26-27(14(12)3)19-8-7-18(24-25-19)22-9-10-23-20(28)16-11-15(29-4)5-6-17(16)21/h5-8,11H,9-10H2,1-4H3,(H,22,24)(H,23,28). The van der Waals surface area contributed by atoms with Gasteiger partial charge in [-0.2, -0.15) is 5.10 Å². The zero-order chi connectivity index (χ0) is 21.0. The average Bonchev–Trinajstić information content (AvgIpc) is 2.99. The normalized spacial score (nSPS) is 10.7. The van der Waals surface area contributed by atoms with Gasteiger partial charge in [0.2, 0.25) is 0 Å². The molecule has 0 aliphatic carbocycles. The first-order chi connectivity index (χ1) is 13.9. The van der Waals surface area contributed by atoms with Crippen molar-refractivity contribution in [1.29, 1.82) is 0 Å². The van der Waals surface area contributed by atoms with E-state index in [0.717, 1.165) is 17.0 Å². The molecule has 2 N–H and O–H groups in total. The van der Waals surface area contributed by atoms with Gasteiger partial charge < -0.3 is 15.4 Å². The molecule has 0 aliphatic rings. The fourth-order valence-electron chi connectivity index (χ4n) is 2.74. The molecule has 0 saturated carbocycles. The van der Waals surface area contributed by atoms with E-state index in [1.807, 2.05) is 32.9 Å². The van der Waals surface area contributed by atoms with E-state index < -0.39 is 0 Å². The predicted octanol–water partition coefficient (Wildman–Crippen LogP) is 3.20. The van der Waals surface area contributed by atoms with Gasteiger partial charge in [-0.15, -0.1) is 10.2 Å². The molecule has 29 heavy (non-hydrogen) atoms. The van der Waals surface area contributed by atoms with Gasteiger partial charge in [-0.05, 0) is 72.6 Å². The van der Waals surface area contributed by atoms with Crippen molar-refractivity contribution in [2.24, 2.45) is 0 Å². The number of methoxy groups -OCH3 is 1. The molecule has 152 valence electrons. The number of aryl methyl sites for hydroxylation is 1. The fraction of sp³-hybridized carbons (Fsp3) is 0.300. The molecule has 0 saturated heterocycles. The summed E-state index contributed by atoms with van der Waals surface area (Å²) in [5, 5.41) is 18.9. The van der Waals surface area contributed by atoms with Gasteiger partial charge in [0.15, 0.2) is 5.82 Å². The van der Waals surface area contributed by atoms with Crippen molar-refractivity contribution in [3.8, 4) is 11.6 Å². The number of carbonyl (C=O) groups is 1. The zero-order valence-corrected chi connectivity index (χ0v) is 18.4. The van der Waals surface area contributed by atoms with Crippen LogP contribution in [-0.4, -0.2) is 46.1 Å². The molecule has 0 aliphatic heterocycles. The van der Waals surface area contributed by atoms with Gasteiger partial charge in [-0.3, -0.25) is 4.79 Å². The second-order valence-corrected chi connectivity index (χ2v) is 7.37. The number of anilines is 1. The number of ether oxygens (including phenoxy) is 1. The molecule has 2 aromatic heterocycles. The fourth-order valence-corrected chi connectivity index (χ4v) is 3.17. The second-order valence-electron chi connectivity index (χ2n) is 6.51. The van der Waals surface area contributed by atoms with Crippen molar-refractivity contribution in [3.63, 3.8) is 0 Å². The van der Waals surface area contributed by atoms with Crippen molar-refractivity contribution in [2.75, 3.05) is 25.5 Å². The molecule has 0 fully saturated rings. The number of carbonyl (C=O) groups excluding carboxylic acids is 1. The third kappa shape index (κ3) is 4.73. The summed E-state index contributed by atoms with van der Waals surface area (Å²) in [4.78, 5) is 12.3. The van der Waals surface area contributed by atoms with E-state index in [9.17, 15) is 4.79 Å². The van der Waals surface area contributed by atoms with E-state index in [-0.39, 0.29) is 5.91 Å².